The number of nitrogens with one attached hydrogen (secondary N) is 2. The molecular formula is C14H27N3O. The molecule has 1 aliphatic heterocycles. The van der Waals surface area contributed by atoms with Crippen LogP contribution in [-0.4, -0.2) is 49.6 Å². The van der Waals surface area contributed by atoms with Crippen molar-refractivity contribution in [3.8, 4) is 0 Å². The summed E-state index contributed by atoms with van der Waals surface area (Å²) in [5, 5.41) is 6.14. The van der Waals surface area contributed by atoms with E-state index >= 15 is 0 Å². The Bertz CT molecular complexity index is 260. The molecule has 104 valence electrons. The molecule has 4 nitrogen and oxygen atoms in total. The van der Waals surface area contributed by atoms with Gasteiger partial charge in [-0.15, -0.1) is 6.58 Å². The smallest absolute Gasteiger partial charge is 0.237 e. The third-order valence-corrected chi connectivity index (χ3v) is 3.68. The third-order valence-electron chi connectivity index (χ3n) is 3.68. The number of piperidine rings is 1. The minimum Gasteiger partial charge on any atom is -0.351 e. The molecule has 0 aromatic rings. The summed E-state index contributed by atoms with van der Waals surface area (Å²) < 4.78 is 0. The van der Waals surface area contributed by atoms with E-state index in [2.05, 4.69) is 29.0 Å². The Morgan fingerprint density at radius 3 is 2.72 bits per heavy atom. The lowest BCUT2D eigenvalue weighted by Gasteiger charge is -2.31. The molecular weight excluding hydrogens is 226 g/mol. The van der Waals surface area contributed by atoms with Gasteiger partial charge in [-0.05, 0) is 51.9 Å². The monoisotopic (exact) mass is 253 g/mol. The van der Waals surface area contributed by atoms with E-state index in [1.807, 2.05) is 6.92 Å². The van der Waals surface area contributed by atoms with Gasteiger partial charge in [0.15, 0.2) is 0 Å². The topological polar surface area (TPSA) is 44.4 Å². The van der Waals surface area contributed by atoms with Crippen molar-refractivity contribution in [1.29, 1.82) is 0 Å². The highest BCUT2D eigenvalue weighted by Crippen LogP contribution is 2.15. The maximum Gasteiger partial charge on any atom is 0.237 e. The molecule has 2 N–H and O–H groups in total. The third kappa shape index (κ3) is 5.19. The van der Waals surface area contributed by atoms with Crippen LogP contribution in [0.3, 0.4) is 0 Å². The van der Waals surface area contributed by atoms with E-state index in [1.54, 1.807) is 6.08 Å². The van der Waals surface area contributed by atoms with Gasteiger partial charge < -0.3 is 15.5 Å². The van der Waals surface area contributed by atoms with Crippen molar-refractivity contribution in [2.45, 2.75) is 32.7 Å². The lowest BCUT2D eigenvalue weighted by molar-refractivity contribution is -0.122. The summed E-state index contributed by atoms with van der Waals surface area (Å²) in [6.07, 6.45) is 4.18. The molecule has 1 fully saturated rings. The maximum atomic E-state index is 11.6. The van der Waals surface area contributed by atoms with Gasteiger partial charge in [0.05, 0.1) is 6.04 Å². The first kappa shape index (κ1) is 15.2. The zero-order valence-electron chi connectivity index (χ0n) is 11.7. The predicted molar refractivity (Wildman–Crippen MR) is 75.5 cm³/mol. The molecule has 1 unspecified atom stereocenters. The van der Waals surface area contributed by atoms with E-state index in [4.69, 9.17) is 0 Å². The van der Waals surface area contributed by atoms with Gasteiger partial charge in [0.2, 0.25) is 5.91 Å². The molecule has 0 aromatic carbocycles. The minimum absolute atomic E-state index is 0.0564. The summed E-state index contributed by atoms with van der Waals surface area (Å²) in [4.78, 5) is 14.1. The van der Waals surface area contributed by atoms with Crippen molar-refractivity contribution in [1.82, 2.24) is 15.5 Å². The van der Waals surface area contributed by atoms with Crippen LogP contribution in [0.25, 0.3) is 0 Å². The molecule has 1 amide bonds. The van der Waals surface area contributed by atoms with Crippen LogP contribution in [0.4, 0.5) is 0 Å². The number of hydrogen-bond donors (Lipinski definition) is 2. The van der Waals surface area contributed by atoms with Crippen molar-refractivity contribution in [2.24, 2.45) is 5.92 Å². The van der Waals surface area contributed by atoms with Gasteiger partial charge in [-0.25, -0.2) is 0 Å². The average Bonchev–Trinajstić information content (AvgIpc) is 2.42. The largest absolute Gasteiger partial charge is 0.351 e. The zero-order chi connectivity index (χ0) is 13.4. The molecule has 1 heterocycles. The highest BCUT2D eigenvalue weighted by Gasteiger charge is 2.19. The average molecular weight is 253 g/mol. The Labute approximate surface area is 111 Å². The second kappa shape index (κ2) is 8.27. The molecule has 1 saturated heterocycles. The van der Waals surface area contributed by atoms with E-state index in [-0.39, 0.29) is 11.9 Å². The van der Waals surface area contributed by atoms with Crippen molar-refractivity contribution in [3.05, 3.63) is 12.7 Å². The second-order valence-corrected chi connectivity index (χ2v) is 5.04. The van der Waals surface area contributed by atoms with Crippen LogP contribution in [0.1, 0.15) is 26.7 Å². The Balaban J connectivity index is 2.16. The molecule has 0 bridgehead atoms. The molecule has 0 radical (unpaired) electrons. The summed E-state index contributed by atoms with van der Waals surface area (Å²) >= 11 is 0. The predicted octanol–water partition coefficient (Wildman–Crippen LogP) is 0.999. The summed E-state index contributed by atoms with van der Waals surface area (Å²) in [6, 6.07) is -0.117. The van der Waals surface area contributed by atoms with Crippen LogP contribution in [-0.2, 0) is 4.79 Å². The number of nitrogens with zero attached hydrogens (tertiary/aromatic N) is 1. The summed E-state index contributed by atoms with van der Waals surface area (Å²) in [5.74, 6) is 0.767. The zero-order valence-corrected chi connectivity index (χ0v) is 11.7. The first-order chi connectivity index (χ1) is 8.67. The summed E-state index contributed by atoms with van der Waals surface area (Å²) in [7, 11) is 0. The van der Waals surface area contributed by atoms with Crippen LogP contribution in [0.5, 0.6) is 0 Å². The van der Waals surface area contributed by atoms with E-state index < -0.39 is 0 Å². The van der Waals surface area contributed by atoms with Gasteiger partial charge in [-0.3, -0.25) is 4.79 Å². The van der Waals surface area contributed by atoms with Crippen molar-refractivity contribution in [2.75, 3.05) is 32.7 Å². The lowest BCUT2D eigenvalue weighted by atomic mass is 9.96. The number of likely N-dealkylation sites (tertiary alicyclic amines) is 1. The van der Waals surface area contributed by atoms with Crippen LogP contribution in [0.15, 0.2) is 12.7 Å². The normalized spacial score (nSPS) is 19.4. The Morgan fingerprint density at radius 2 is 2.17 bits per heavy atom. The van der Waals surface area contributed by atoms with Gasteiger partial charge >= 0.3 is 0 Å². The summed E-state index contributed by atoms with van der Waals surface area (Å²) in [5.41, 5.74) is 0. The van der Waals surface area contributed by atoms with Crippen molar-refractivity contribution < 1.29 is 4.79 Å². The van der Waals surface area contributed by atoms with Crippen LogP contribution in [0, 0.1) is 5.92 Å². The van der Waals surface area contributed by atoms with Gasteiger partial charge in [-0.2, -0.15) is 0 Å². The first-order valence-corrected chi connectivity index (χ1v) is 7.01. The highest BCUT2D eigenvalue weighted by atomic mass is 16.2. The number of hydrogen-bond acceptors (Lipinski definition) is 3. The molecule has 0 saturated carbocycles. The SMILES string of the molecule is C=CCNC(=O)C(C)NCC1CCN(CC)CC1. The van der Waals surface area contributed by atoms with Gasteiger partial charge in [0.1, 0.15) is 0 Å². The molecule has 1 aliphatic rings. The van der Waals surface area contributed by atoms with Crippen LogP contribution < -0.4 is 10.6 Å². The quantitative estimate of drug-likeness (QED) is 0.665. The molecule has 4 heteroatoms. The Morgan fingerprint density at radius 1 is 1.50 bits per heavy atom. The lowest BCUT2D eigenvalue weighted by Crippen LogP contribution is -2.45. The van der Waals surface area contributed by atoms with E-state index in [9.17, 15) is 4.79 Å². The molecule has 0 spiro atoms. The van der Waals surface area contributed by atoms with Gasteiger partial charge in [0, 0.05) is 6.54 Å². The van der Waals surface area contributed by atoms with Gasteiger partial charge in [-0.1, -0.05) is 13.0 Å². The Hall–Kier alpha value is -0.870. The minimum atomic E-state index is -0.117. The van der Waals surface area contributed by atoms with E-state index in [0.717, 1.165) is 13.1 Å². The molecule has 0 aliphatic carbocycles. The summed E-state index contributed by atoms with van der Waals surface area (Å²) in [6.45, 7) is 12.7. The molecule has 0 aromatic heterocycles. The van der Waals surface area contributed by atoms with E-state index in [1.165, 1.54) is 25.9 Å². The van der Waals surface area contributed by atoms with E-state index in [0.29, 0.717) is 12.5 Å². The number of rotatable bonds is 7. The molecule has 1 rings (SSSR count). The number of amides is 1. The fourth-order valence-electron chi connectivity index (χ4n) is 2.27. The molecule has 1 atom stereocenters. The standard InChI is InChI=1S/C14H27N3O/c1-4-8-15-14(18)12(3)16-11-13-6-9-17(5-2)10-7-13/h4,12-13,16H,1,5-11H2,2-3H3,(H,15,18). The first-order valence-electron chi connectivity index (χ1n) is 7.01. The van der Waals surface area contributed by atoms with Crippen LogP contribution in [0.2, 0.25) is 0 Å². The Kier molecular flexibility index (Phi) is 6.98. The molecule has 18 heavy (non-hydrogen) atoms. The fourth-order valence-corrected chi connectivity index (χ4v) is 2.27. The second-order valence-electron chi connectivity index (χ2n) is 5.04. The highest BCUT2D eigenvalue weighted by molar-refractivity contribution is 5.81. The van der Waals surface area contributed by atoms with Gasteiger partial charge in [0.25, 0.3) is 0 Å². The number of carbonyl (C=O) groups excluding carboxylic acids is 1. The van der Waals surface area contributed by atoms with Crippen molar-refractivity contribution >= 4 is 5.91 Å². The fraction of sp³-hybridized carbons (Fsp3) is 0.786. The number of carbonyl (C=O) groups is 1. The maximum absolute atomic E-state index is 11.6. The van der Waals surface area contributed by atoms with Crippen LogP contribution >= 0.6 is 0 Å². The van der Waals surface area contributed by atoms with Crippen molar-refractivity contribution in [3.63, 3.8) is 0 Å².